The molecule has 0 spiro atoms. The third-order valence-corrected chi connectivity index (χ3v) is 3.34. The van der Waals surface area contributed by atoms with Gasteiger partial charge >= 0.3 is 0 Å². The van der Waals surface area contributed by atoms with Crippen LogP contribution in [-0.4, -0.2) is 18.7 Å². The molecule has 0 aromatic rings. The van der Waals surface area contributed by atoms with Crippen molar-refractivity contribution in [3.8, 4) is 6.07 Å². The lowest BCUT2D eigenvalue weighted by molar-refractivity contribution is -0.121. The Hall–Kier alpha value is -1.34. The second-order valence-corrected chi connectivity index (χ2v) is 5.33. The highest BCUT2D eigenvalue weighted by molar-refractivity contribution is 5.96. The molecule has 0 aromatic heterocycles. The Kier molecular flexibility index (Phi) is 12.8. The monoisotopic (exact) mass is 294 g/mol. The standard InChI is InChI=1S/C17H30N2O2/c1-4-6-8-9-10-11-12-16(21-13-7-5-2)19-17(20)15(3)14-18/h16H,3-13H2,1-2H3,(H,19,20). The molecule has 0 saturated carbocycles. The van der Waals surface area contributed by atoms with Crippen LogP contribution in [0.1, 0.15) is 71.6 Å². The summed E-state index contributed by atoms with van der Waals surface area (Å²) in [6.07, 6.45) is 9.74. The zero-order valence-electron chi connectivity index (χ0n) is 13.6. The summed E-state index contributed by atoms with van der Waals surface area (Å²) < 4.78 is 5.69. The van der Waals surface area contributed by atoms with E-state index in [9.17, 15) is 4.79 Å². The summed E-state index contributed by atoms with van der Waals surface area (Å²) in [5.41, 5.74) is -0.0676. The van der Waals surface area contributed by atoms with E-state index < -0.39 is 5.91 Å². The molecule has 0 aliphatic carbocycles. The van der Waals surface area contributed by atoms with Crippen molar-refractivity contribution in [3.05, 3.63) is 12.2 Å². The summed E-state index contributed by atoms with van der Waals surface area (Å²) in [6.45, 7) is 8.36. The topological polar surface area (TPSA) is 62.1 Å². The second-order valence-electron chi connectivity index (χ2n) is 5.33. The van der Waals surface area contributed by atoms with E-state index >= 15 is 0 Å². The fraction of sp³-hybridized carbons (Fsp3) is 0.765. The lowest BCUT2D eigenvalue weighted by Gasteiger charge is -2.19. The molecule has 0 aliphatic heterocycles. The normalized spacial score (nSPS) is 11.7. The Bertz CT molecular complexity index is 334. The van der Waals surface area contributed by atoms with Crippen LogP contribution in [0.4, 0.5) is 0 Å². The Labute approximate surface area is 129 Å². The molecule has 0 radical (unpaired) electrons. The quantitative estimate of drug-likeness (QED) is 0.241. The molecule has 0 aliphatic rings. The number of nitrogens with one attached hydrogen (secondary N) is 1. The number of nitriles is 1. The number of amides is 1. The summed E-state index contributed by atoms with van der Waals surface area (Å²) in [5, 5.41) is 11.4. The van der Waals surface area contributed by atoms with Gasteiger partial charge in [-0.2, -0.15) is 5.26 Å². The first kappa shape index (κ1) is 19.7. The molecule has 1 amide bonds. The number of carbonyl (C=O) groups excluding carboxylic acids is 1. The summed E-state index contributed by atoms with van der Waals surface area (Å²) in [4.78, 5) is 11.7. The molecule has 1 N–H and O–H groups in total. The first-order valence-corrected chi connectivity index (χ1v) is 8.17. The van der Waals surface area contributed by atoms with Crippen LogP contribution in [0.2, 0.25) is 0 Å². The number of hydrogen-bond donors (Lipinski definition) is 1. The average Bonchev–Trinajstić information content (AvgIpc) is 2.49. The minimum absolute atomic E-state index is 0.0676. The van der Waals surface area contributed by atoms with E-state index in [0.29, 0.717) is 6.61 Å². The maximum atomic E-state index is 11.7. The van der Waals surface area contributed by atoms with Gasteiger partial charge in [-0.15, -0.1) is 0 Å². The van der Waals surface area contributed by atoms with Crippen molar-refractivity contribution >= 4 is 5.91 Å². The molecule has 0 aromatic carbocycles. The molecule has 1 unspecified atom stereocenters. The van der Waals surface area contributed by atoms with Gasteiger partial charge in [0.15, 0.2) is 0 Å². The molecule has 0 saturated heterocycles. The number of nitrogens with zero attached hydrogens (tertiary/aromatic N) is 1. The highest BCUT2D eigenvalue weighted by atomic mass is 16.5. The van der Waals surface area contributed by atoms with Gasteiger partial charge in [-0.1, -0.05) is 59.0 Å². The molecule has 21 heavy (non-hydrogen) atoms. The van der Waals surface area contributed by atoms with Crippen molar-refractivity contribution in [1.29, 1.82) is 5.26 Å². The molecule has 120 valence electrons. The van der Waals surface area contributed by atoms with Crippen LogP contribution in [-0.2, 0) is 9.53 Å². The van der Waals surface area contributed by atoms with E-state index in [4.69, 9.17) is 10.00 Å². The van der Waals surface area contributed by atoms with Gasteiger partial charge in [0.1, 0.15) is 17.9 Å². The Balaban J connectivity index is 4.05. The van der Waals surface area contributed by atoms with Gasteiger partial charge in [0, 0.05) is 6.61 Å². The smallest absolute Gasteiger partial charge is 0.263 e. The van der Waals surface area contributed by atoms with Crippen LogP contribution >= 0.6 is 0 Å². The fourth-order valence-electron chi connectivity index (χ4n) is 1.96. The molecule has 4 heteroatoms. The first-order chi connectivity index (χ1) is 10.2. The number of hydrogen-bond acceptors (Lipinski definition) is 3. The summed E-state index contributed by atoms with van der Waals surface area (Å²) >= 11 is 0. The van der Waals surface area contributed by atoms with E-state index in [2.05, 4.69) is 25.7 Å². The molecule has 1 atom stereocenters. The van der Waals surface area contributed by atoms with Crippen molar-refractivity contribution in [3.63, 3.8) is 0 Å². The van der Waals surface area contributed by atoms with Crippen molar-refractivity contribution < 1.29 is 9.53 Å². The summed E-state index contributed by atoms with van der Waals surface area (Å²) in [6, 6.07) is 1.77. The Morgan fingerprint density at radius 3 is 2.38 bits per heavy atom. The molecule has 0 heterocycles. The zero-order chi connectivity index (χ0) is 15.9. The largest absolute Gasteiger partial charge is 0.359 e. The van der Waals surface area contributed by atoms with Crippen molar-refractivity contribution in [2.45, 2.75) is 77.9 Å². The molecule has 0 bridgehead atoms. The summed E-state index contributed by atoms with van der Waals surface area (Å²) in [7, 11) is 0. The predicted molar refractivity (Wildman–Crippen MR) is 85.5 cm³/mol. The molecular weight excluding hydrogens is 264 g/mol. The third-order valence-electron chi connectivity index (χ3n) is 3.34. The lowest BCUT2D eigenvalue weighted by atomic mass is 10.1. The minimum atomic E-state index is -0.426. The highest BCUT2D eigenvalue weighted by Gasteiger charge is 2.14. The van der Waals surface area contributed by atoms with Crippen molar-refractivity contribution in [2.24, 2.45) is 0 Å². The highest BCUT2D eigenvalue weighted by Crippen LogP contribution is 2.10. The Morgan fingerprint density at radius 1 is 1.14 bits per heavy atom. The first-order valence-electron chi connectivity index (χ1n) is 8.17. The fourth-order valence-corrected chi connectivity index (χ4v) is 1.96. The van der Waals surface area contributed by atoms with Crippen LogP contribution in [0.5, 0.6) is 0 Å². The zero-order valence-corrected chi connectivity index (χ0v) is 13.6. The van der Waals surface area contributed by atoms with Crippen LogP contribution in [0.15, 0.2) is 12.2 Å². The molecule has 0 fully saturated rings. The van der Waals surface area contributed by atoms with E-state index in [1.807, 2.05) is 0 Å². The van der Waals surface area contributed by atoms with Gasteiger partial charge in [0.2, 0.25) is 0 Å². The van der Waals surface area contributed by atoms with Gasteiger partial charge in [-0.25, -0.2) is 0 Å². The van der Waals surface area contributed by atoms with E-state index in [0.717, 1.165) is 32.1 Å². The van der Waals surface area contributed by atoms with Gasteiger partial charge in [0.25, 0.3) is 5.91 Å². The maximum Gasteiger partial charge on any atom is 0.263 e. The van der Waals surface area contributed by atoms with Crippen LogP contribution in [0, 0.1) is 11.3 Å². The van der Waals surface area contributed by atoms with Gasteiger partial charge in [0.05, 0.1) is 0 Å². The van der Waals surface area contributed by atoms with Crippen LogP contribution < -0.4 is 5.32 Å². The predicted octanol–water partition coefficient (Wildman–Crippen LogP) is 4.08. The summed E-state index contributed by atoms with van der Waals surface area (Å²) in [5.74, 6) is -0.426. The molecular formula is C17H30N2O2. The van der Waals surface area contributed by atoms with Crippen molar-refractivity contribution in [1.82, 2.24) is 5.32 Å². The lowest BCUT2D eigenvalue weighted by Crippen LogP contribution is -2.37. The molecule has 4 nitrogen and oxygen atoms in total. The van der Waals surface area contributed by atoms with E-state index in [-0.39, 0.29) is 11.8 Å². The van der Waals surface area contributed by atoms with Crippen molar-refractivity contribution in [2.75, 3.05) is 6.61 Å². The van der Waals surface area contributed by atoms with E-state index in [1.54, 1.807) is 6.07 Å². The van der Waals surface area contributed by atoms with Gasteiger partial charge in [-0.3, -0.25) is 4.79 Å². The van der Waals surface area contributed by atoms with E-state index in [1.165, 1.54) is 25.7 Å². The Morgan fingerprint density at radius 2 is 1.76 bits per heavy atom. The third kappa shape index (κ3) is 11.0. The average molecular weight is 294 g/mol. The minimum Gasteiger partial charge on any atom is -0.359 e. The number of ether oxygens (including phenoxy) is 1. The van der Waals surface area contributed by atoms with Crippen LogP contribution in [0.3, 0.4) is 0 Å². The number of rotatable bonds is 13. The number of carbonyl (C=O) groups is 1. The SMILES string of the molecule is C=C(C#N)C(=O)NC(CCCCCCCC)OCCCC. The maximum absolute atomic E-state index is 11.7. The van der Waals surface area contributed by atoms with Gasteiger partial charge < -0.3 is 10.1 Å². The molecule has 0 rings (SSSR count). The number of unbranched alkanes of at least 4 members (excludes halogenated alkanes) is 6. The van der Waals surface area contributed by atoms with Gasteiger partial charge in [-0.05, 0) is 19.3 Å². The van der Waals surface area contributed by atoms with Crippen LogP contribution in [0.25, 0.3) is 0 Å². The second kappa shape index (κ2) is 13.6.